The number of rotatable bonds is 4. The van der Waals surface area contributed by atoms with E-state index in [2.05, 4.69) is 12.2 Å². The van der Waals surface area contributed by atoms with Crippen molar-refractivity contribution in [3.8, 4) is 5.75 Å². The van der Waals surface area contributed by atoms with Gasteiger partial charge in [0.05, 0.1) is 0 Å². The Bertz CT molecular complexity index is 437. The largest absolute Gasteiger partial charge is 0.481 e. The Morgan fingerprint density at radius 3 is 2.56 bits per heavy atom. The van der Waals surface area contributed by atoms with Crippen molar-refractivity contribution in [2.45, 2.75) is 13.0 Å². The zero-order valence-corrected chi connectivity index (χ0v) is 9.38. The van der Waals surface area contributed by atoms with Gasteiger partial charge in [-0.25, -0.2) is 4.39 Å². The van der Waals surface area contributed by atoms with Gasteiger partial charge in [0.25, 0.3) is 5.91 Å². The smallest absolute Gasteiger partial charge is 0.258 e. The summed E-state index contributed by atoms with van der Waals surface area (Å²) in [5.41, 5.74) is 10.4. The second-order valence-electron chi connectivity index (χ2n) is 3.17. The second-order valence-corrected chi connectivity index (χ2v) is 3.61. The highest BCUT2D eigenvalue weighted by Gasteiger charge is 2.12. The fourth-order valence-corrected chi connectivity index (χ4v) is 1.20. The predicted octanol–water partition coefficient (Wildman–Crippen LogP) is 0.713. The van der Waals surface area contributed by atoms with Crippen LogP contribution in [-0.4, -0.2) is 17.0 Å². The van der Waals surface area contributed by atoms with E-state index in [-0.39, 0.29) is 16.3 Å². The number of nitrogens with two attached hydrogens (primary N) is 2. The summed E-state index contributed by atoms with van der Waals surface area (Å²) >= 11 is 4.65. The van der Waals surface area contributed by atoms with Gasteiger partial charge in [-0.3, -0.25) is 4.79 Å². The quantitative estimate of drug-likeness (QED) is 0.762. The number of thiocarbonyl (C=S) groups is 1. The molecule has 0 aliphatic rings. The van der Waals surface area contributed by atoms with Crippen molar-refractivity contribution in [2.75, 3.05) is 0 Å². The maximum atomic E-state index is 13.4. The van der Waals surface area contributed by atoms with Crippen LogP contribution in [-0.2, 0) is 4.79 Å². The van der Waals surface area contributed by atoms with E-state index in [9.17, 15) is 9.18 Å². The summed E-state index contributed by atoms with van der Waals surface area (Å²) in [6.45, 7) is 1.47. The first-order valence-electron chi connectivity index (χ1n) is 4.47. The minimum Gasteiger partial charge on any atom is -0.481 e. The fourth-order valence-electron chi connectivity index (χ4n) is 1.03. The van der Waals surface area contributed by atoms with Gasteiger partial charge in [-0.2, -0.15) is 0 Å². The van der Waals surface area contributed by atoms with E-state index in [0.717, 1.165) is 6.07 Å². The van der Waals surface area contributed by atoms with Crippen LogP contribution in [0.1, 0.15) is 12.5 Å². The van der Waals surface area contributed by atoms with Gasteiger partial charge in [0.15, 0.2) is 6.10 Å². The summed E-state index contributed by atoms with van der Waals surface area (Å²) in [6, 6.07) is 3.96. The number of hydrogen-bond donors (Lipinski definition) is 2. The molecule has 1 aromatic carbocycles. The molecule has 0 aliphatic carbocycles. The number of amides is 1. The molecule has 0 saturated carbocycles. The van der Waals surface area contributed by atoms with Crippen LogP contribution < -0.4 is 16.2 Å². The monoisotopic (exact) mass is 242 g/mol. The van der Waals surface area contributed by atoms with Crippen molar-refractivity contribution < 1.29 is 13.9 Å². The van der Waals surface area contributed by atoms with Gasteiger partial charge < -0.3 is 16.2 Å². The van der Waals surface area contributed by atoms with E-state index in [1.807, 2.05) is 0 Å². The first-order valence-corrected chi connectivity index (χ1v) is 4.88. The minimum atomic E-state index is -0.824. The van der Waals surface area contributed by atoms with Gasteiger partial charge in [-0.1, -0.05) is 12.2 Å². The van der Waals surface area contributed by atoms with Crippen molar-refractivity contribution in [1.82, 2.24) is 0 Å². The number of carbonyl (C=O) groups is 1. The van der Waals surface area contributed by atoms with Gasteiger partial charge in [0.2, 0.25) is 0 Å². The molecule has 0 aliphatic heterocycles. The Morgan fingerprint density at radius 1 is 1.50 bits per heavy atom. The van der Waals surface area contributed by atoms with Gasteiger partial charge in [-0.05, 0) is 19.1 Å². The molecule has 1 aromatic rings. The molecule has 6 heteroatoms. The molecule has 16 heavy (non-hydrogen) atoms. The Labute approximate surface area is 97.4 Å². The molecule has 0 heterocycles. The third-order valence-electron chi connectivity index (χ3n) is 1.92. The topological polar surface area (TPSA) is 78.3 Å². The number of benzene rings is 1. The number of halogens is 1. The molecule has 1 rings (SSSR count). The van der Waals surface area contributed by atoms with Crippen LogP contribution in [0.5, 0.6) is 5.75 Å². The molecular weight excluding hydrogens is 231 g/mol. The molecule has 4 nitrogen and oxygen atoms in total. The van der Waals surface area contributed by atoms with Crippen LogP contribution in [0, 0.1) is 5.82 Å². The van der Waals surface area contributed by atoms with E-state index < -0.39 is 17.8 Å². The van der Waals surface area contributed by atoms with Crippen LogP contribution in [0.2, 0.25) is 0 Å². The Balaban J connectivity index is 2.89. The summed E-state index contributed by atoms with van der Waals surface area (Å²) in [6.07, 6.45) is -0.824. The summed E-state index contributed by atoms with van der Waals surface area (Å²) in [4.78, 5) is 10.7. The Kier molecular flexibility index (Phi) is 3.78. The minimum absolute atomic E-state index is 0.0352. The average molecular weight is 242 g/mol. The van der Waals surface area contributed by atoms with E-state index in [1.165, 1.54) is 19.1 Å². The molecule has 0 aromatic heterocycles. The second kappa shape index (κ2) is 4.89. The zero-order valence-electron chi connectivity index (χ0n) is 8.57. The number of carbonyl (C=O) groups excluding carboxylic acids is 1. The highest BCUT2D eigenvalue weighted by atomic mass is 32.1. The van der Waals surface area contributed by atoms with Crippen molar-refractivity contribution in [2.24, 2.45) is 11.5 Å². The lowest BCUT2D eigenvalue weighted by atomic mass is 10.2. The maximum absolute atomic E-state index is 13.4. The summed E-state index contributed by atoms with van der Waals surface area (Å²) in [5.74, 6) is -1.02. The predicted molar refractivity (Wildman–Crippen MR) is 61.6 cm³/mol. The third kappa shape index (κ3) is 2.90. The molecule has 1 amide bonds. The van der Waals surface area contributed by atoms with Crippen LogP contribution in [0.3, 0.4) is 0 Å². The van der Waals surface area contributed by atoms with Gasteiger partial charge >= 0.3 is 0 Å². The van der Waals surface area contributed by atoms with E-state index >= 15 is 0 Å². The van der Waals surface area contributed by atoms with Gasteiger partial charge in [-0.15, -0.1) is 0 Å². The summed E-state index contributed by atoms with van der Waals surface area (Å²) < 4.78 is 18.5. The molecule has 4 N–H and O–H groups in total. The molecule has 0 fully saturated rings. The van der Waals surface area contributed by atoms with Crippen molar-refractivity contribution in [3.63, 3.8) is 0 Å². The van der Waals surface area contributed by atoms with Crippen LogP contribution in [0.4, 0.5) is 4.39 Å². The average Bonchev–Trinajstić information content (AvgIpc) is 2.16. The van der Waals surface area contributed by atoms with E-state index in [0.29, 0.717) is 0 Å². The molecule has 0 saturated heterocycles. The van der Waals surface area contributed by atoms with E-state index in [4.69, 9.17) is 16.2 Å². The summed E-state index contributed by atoms with van der Waals surface area (Å²) in [5, 5.41) is 0. The first kappa shape index (κ1) is 12.4. The molecule has 0 spiro atoms. The maximum Gasteiger partial charge on any atom is 0.258 e. The molecule has 1 atom stereocenters. The molecule has 0 radical (unpaired) electrons. The Morgan fingerprint density at radius 2 is 2.12 bits per heavy atom. The SMILES string of the molecule is CC(Oc1ccc(C(N)=S)c(F)c1)C(N)=O. The first-order chi connectivity index (χ1) is 7.41. The molecular formula is C10H11FN2O2S. The van der Waals surface area contributed by atoms with Gasteiger partial charge in [0.1, 0.15) is 16.6 Å². The highest BCUT2D eigenvalue weighted by Crippen LogP contribution is 2.17. The highest BCUT2D eigenvalue weighted by molar-refractivity contribution is 7.80. The molecule has 0 bridgehead atoms. The number of hydrogen-bond acceptors (Lipinski definition) is 3. The zero-order chi connectivity index (χ0) is 12.3. The number of ether oxygens (including phenoxy) is 1. The van der Waals surface area contributed by atoms with Crippen LogP contribution in [0.15, 0.2) is 18.2 Å². The van der Waals surface area contributed by atoms with Crippen molar-refractivity contribution >= 4 is 23.1 Å². The molecule has 86 valence electrons. The number of primary amides is 1. The van der Waals surface area contributed by atoms with Gasteiger partial charge in [0, 0.05) is 11.6 Å². The lowest BCUT2D eigenvalue weighted by molar-refractivity contribution is -0.123. The van der Waals surface area contributed by atoms with E-state index in [1.54, 1.807) is 0 Å². The normalized spacial score (nSPS) is 11.9. The van der Waals surface area contributed by atoms with Crippen molar-refractivity contribution in [3.05, 3.63) is 29.6 Å². The lowest BCUT2D eigenvalue weighted by Crippen LogP contribution is -2.30. The Hall–Kier alpha value is -1.69. The third-order valence-corrected chi connectivity index (χ3v) is 2.14. The summed E-state index contributed by atoms with van der Waals surface area (Å²) in [7, 11) is 0. The van der Waals surface area contributed by atoms with Crippen LogP contribution in [0.25, 0.3) is 0 Å². The lowest BCUT2D eigenvalue weighted by Gasteiger charge is -2.11. The molecule has 1 unspecified atom stereocenters. The van der Waals surface area contributed by atoms with Crippen molar-refractivity contribution in [1.29, 1.82) is 0 Å². The standard InChI is InChI=1S/C10H11FN2O2S/c1-5(9(12)14)15-6-2-3-7(10(13)16)8(11)4-6/h2-5H,1H3,(H2,12,14)(H2,13,16). The fraction of sp³-hybridized carbons (Fsp3) is 0.200. The van der Waals surface area contributed by atoms with Crippen LogP contribution >= 0.6 is 12.2 Å².